The van der Waals surface area contributed by atoms with E-state index in [1.54, 1.807) is 7.11 Å². The molecule has 148 valence electrons. The fraction of sp³-hybridized carbons (Fsp3) is 0.476. The molecule has 0 unspecified atom stereocenters. The maximum Gasteiger partial charge on any atom is 0.255 e. The summed E-state index contributed by atoms with van der Waals surface area (Å²) in [7, 11) is 3.66. The average molecular weight is 392 g/mol. The number of benzene rings is 1. The van der Waals surface area contributed by atoms with Crippen LogP contribution in [0.25, 0.3) is 5.69 Å². The molecule has 1 N–H and O–H groups in total. The van der Waals surface area contributed by atoms with Gasteiger partial charge in [0.2, 0.25) is 0 Å². The Morgan fingerprint density at radius 2 is 1.81 bits per heavy atom. The van der Waals surface area contributed by atoms with Gasteiger partial charge in [0, 0.05) is 30.2 Å². The van der Waals surface area contributed by atoms with Crippen molar-refractivity contribution < 1.29 is 9.53 Å². The number of rotatable bonds is 5. The van der Waals surface area contributed by atoms with Gasteiger partial charge in [-0.2, -0.15) is 0 Å². The van der Waals surface area contributed by atoms with Gasteiger partial charge < -0.3 is 19.5 Å². The molecule has 0 bridgehead atoms. The van der Waals surface area contributed by atoms with Crippen molar-refractivity contribution in [3.8, 4) is 11.4 Å². The predicted molar refractivity (Wildman–Crippen MR) is 112 cm³/mol. The van der Waals surface area contributed by atoms with Crippen molar-refractivity contribution in [2.75, 3.05) is 33.8 Å². The molecule has 1 aliphatic heterocycles. The van der Waals surface area contributed by atoms with Gasteiger partial charge in [-0.15, -0.1) is 12.4 Å². The van der Waals surface area contributed by atoms with Crippen LogP contribution in [-0.2, 0) is 0 Å². The number of aromatic nitrogens is 1. The van der Waals surface area contributed by atoms with Gasteiger partial charge in [-0.3, -0.25) is 4.79 Å². The molecule has 2 heterocycles. The Morgan fingerprint density at radius 1 is 1.19 bits per heavy atom. The topological polar surface area (TPSA) is 46.5 Å². The van der Waals surface area contributed by atoms with E-state index in [0.717, 1.165) is 60.9 Å². The summed E-state index contributed by atoms with van der Waals surface area (Å²) >= 11 is 0. The molecule has 1 aromatic heterocycles. The second-order valence-corrected chi connectivity index (χ2v) is 7.11. The Bertz CT molecular complexity index is 762. The summed E-state index contributed by atoms with van der Waals surface area (Å²) in [5.41, 5.74) is 3.93. The zero-order valence-corrected chi connectivity index (χ0v) is 17.4. The van der Waals surface area contributed by atoms with E-state index in [-0.39, 0.29) is 18.3 Å². The number of ether oxygens (including phenoxy) is 1. The maximum atomic E-state index is 13.1. The van der Waals surface area contributed by atoms with Gasteiger partial charge in [-0.05, 0) is 76.5 Å². The lowest BCUT2D eigenvalue weighted by Gasteiger charge is -2.32. The molecule has 6 heteroatoms. The molecule has 0 spiro atoms. The highest BCUT2D eigenvalue weighted by Crippen LogP contribution is 2.25. The van der Waals surface area contributed by atoms with Crippen LogP contribution in [-0.4, -0.2) is 49.2 Å². The van der Waals surface area contributed by atoms with Crippen molar-refractivity contribution in [1.29, 1.82) is 0 Å². The van der Waals surface area contributed by atoms with Crippen molar-refractivity contribution >= 4 is 18.3 Å². The smallest absolute Gasteiger partial charge is 0.255 e. The summed E-state index contributed by atoms with van der Waals surface area (Å²) in [6.45, 7) is 6.80. The van der Waals surface area contributed by atoms with E-state index in [1.165, 1.54) is 0 Å². The number of piperidine rings is 1. The summed E-state index contributed by atoms with van der Waals surface area (Å²) in [6.07, 6.45) is 2.15. The molecule has 1 aliphatic rings. The molecule has 27 heavy (non-hydrogen) atoms. The zero-order chi connectivity index (χ0) is 18.7. The first-order valence-electron chi connectivity index (χ1n) is 9.32. The minimum atomic E-state index is 0. The van der Waals surface area contributed by atoms with Gasteiger partial charge in [-0.1, -0.05) is 0 Å². The zero-order valence-electron chi connectivity index (χ0n) is 16.6. The van der Waals surface area contributed by atoms with E-state index >= 15 is 0 Å². The Kier molecular flexibility index (Phi) is 7.33. The third-order valence-corrected chi connectivity index (χ3v) is 5.39. The Morgan fingerprint density at radius 3 is 2.37 bits per heavy atom. The number of carbonyl (C=O) groups is 1. The molecule has 0 saturated carbocycles. The largest absolute Gasteiger partial charge is 0.497 e. The van der Waals surface area contributed by atoms with Crippen LogP contribution in [0.3, 0.4) is 0 Å². The summed E-state index contributed by atoms with van der Waals surface area (Å²) in [5, 5.41) is 3.24. The molecule has 1 saturated heterocycles. The standard InChI is InChI=1S/C21H29N3O2.ClH/c1-15-13-20(21(25)23-11-9-17(10-12-23)14-22-3)16(2)24(15)18-5-7-19(26-4)8-6-18;/h5-8,13,17,22H,9-12,14H2,1-4H3;1H. The number of hydrogen-bond donors (Lipinski definition) is 1. The minimum absolute atomic E-state index is 0. The van der Waals surface area contributed by atoms with Gasteiger partial charge >= 0.3 is 0 Å². The molecule has 0 atom stereocenters. The fourth-order valence-corrected chi connectivity index (χ4v) is 3.91. The third-order valence-electron chi connectivity index (χ3n) is 5.39. The molecule has 1 aromatic carbocycles. The maximum absolute atomic E-state index is 13.1. The normalized spacial score (nSPS) is 14.7. The number of carbonyl (C=O) groups excluding carboxylic acids is 1. The van der Waals surface area contributed by atoms with Gasteiger partial charge in [0.15, 0.2) is 0 Å². The highest BCUT2D eigenvalue weighted by atomic mass is 35.5. The number of likely N-dealkylation sites (tertiary alicyclic amines) is 1. The highest BCUT2D eigenvalue weighted by molar-refractivity contribution is 5.96. The summed E-state index contributed by atoms with van der Waals surface area (Å²) < 4.78 is 7.38. The van der Waals surface area contributed by atoms with E-state index in [0.29, 0.717) is 5.92 Å². The number of amides is 1. The van der Waals surface area contributed by atoms with E-state index in [2.05, 4.69) is 9.88 Å². The second kappa shape index (κ2) is 9.29. The quantitative estimate of drug-likeness (QED) is 0.847. The number of halogens is 1. The van der Waals surface area contributed by atoms with E-state index in [1.807, 2.05) is 56.1 Å². The first-order chi connectivity index (χ1) is 12.5. The van der Waals surface area contributed by atoms with Crippen LogP contribution in [0.1, 0.15) is 34.6 Å². The van der Waals surface area contributed by atoms with Crippen molar-refractivity contribution in [3.63, 3.8) is 0 Å². The van der Waals surface area contributed by atoms with Crippen molar-refractivity contribution in [3.05, 3.63) is 47.3 Å². The third kappa shape index (κ3) is 4.47. The number of nitrogens with one attached hydrogen (secondary N) is 1. The van der Waals surface area contributed by atoms with Crippen molar-refractivity contribution in [1.82, 2.24) is 14.8 Å². The minimum Gasteiger partial charge on any atom is -0.497 e. The molecule has 1 fully saturated rings. The van der Waals surface area contributed by atoms with Crippen LogP contribution < -0.4 is 10.1 Å². The summed E-state index contributed by atoms with van der Waals surface area (Å²) in [4.78, 5) is 15.1. The van der Waals surface area contributed by atoms with Gasteiger partial charge in [0.05, 0.1) is 12.7 Å². The van der Waals surface area contributed by atoms with Gasteiger partial charge in [0.25, 0.3) is 5.91 Å². The lowest BCUT2D eigenvalue weighted by Crippen LogP contribution is -2.40. The van der Waals surface area contributed by atoms with Crippen LogP contribution >= 0.6 is 12.4 Å². The molecule has 0 radical (unpaired) electrons. The fourth-order valence-electron chi connectivity index (χ4n) is 3.91. The number of hydrogen-bond acceptors (Lipinski definition) is 3. The molecular weight excluding hydrogens is 362 g/mol. The van der Waals surface area contributed by atoms with Crippen molar-refractivity contribution in [2.24, 2.45) is 5.92 Å². The summed E-state index contributed by atoms with van der Waals surface area (Å²) in [6, 6.07) is 9.96. The Labute approximate surface area is 168 Å². The van der Waals surface area contributed by atoms with Crippen LogP contribution in [0.5, 0.6) is 5.75 Å². The molecule has 5 nitrogen and oxygen atoms in total. The monoisotopic (exact) mass is 391 g/mol. The van der Waals surface area contributed by atoms with Crippen LogP contribution in [0.15, 0.2) is 30.3 Å². The Hall–Kier alpha value is -1.98. The number of nitrogens with zero attached hydrogens (tertiary/aromatic N) is 2. The van der Waals surface area contributed by atoms with E-state index in [4.69, 9.17) is 4.74 Å². The SMILES string of the molecule is CNCC1CCN(C(=O)c2cc(C)n(-c3ccc(OC)cc3)c2C)CC1.Cl. The Balaban J connectivity index is 0.00000261. The number of aryl methyl sites for hydroxylation is 1. The second-order valence-electron chi connectivity index (χ2n) is 7.11. The van der Waals surface area contributed by atoms with Crippen LogP contribution in [0.4, 0.5) is 0 Å². The first kappa shape index (κ1) is 21.3. The number of methoxy groups -OCH3 is 1. The highest BCUT2D eigenvalue weighted by Gasteiger charge is 2.26. The predicted octanol–water partition coefficient (Wildman–Crippen LogP) is 3.60. The van der Waals surface area contributed by atoms with Crippen LogP contribution in [0, 0.1) is 19.8 Å². The molecular formula is C21H30ClN3O2. The molecule has 3 rings (SSSR count). The van der Waals surface area contributed by atoms with E-state index in [9.17, 15) is 4.79 Å². The lowest BCUT2D eigenvalue weighted by molar-refractivity contribution is 0.0690. The van der Waals surface area contributed by atoms with E-state index < -0.39 is 0 Å². The lowest BCUT2D eigenvalue weighted by atomic mass is 9.96. The van der Waals surface area contributed by atoms with Crippen molar-refractivity contribution in [2.45, 2.75) is 26.7 Å². The average Bonchev–Trinajstić information content (AvgIpc) is 2.96. The van der Waals surface area contributed by atoms with Crippen LogP contribution in [0.2, 0.25) is 0 Å². The van der Waals surface area contributed by atoms with Gasteiger partial charge in [0.1, 0.15) is 5.75 Å². The molecule has 2 aromatic rings. The first-order valence-corrected chi connectivity index (χ1v) is 9.32. The molecule has 0 aliphatic carbocycles. The van der Waals surface area contributed by atoms with Gasteiger partial charge in [-0.25, -0.2) is 0 Å². The molecule has 1 amide bonds. The summed E-state index contributed by atoms with van der Waals surface area (Å²) in [5.74, 6) is 1.66.